The molecule has 1 aromatic heterocycles. The number of nitrogens with one attached hydrogen (secondary N) is 1. The average Bonchev–Trinajstić information content (AvgIpc) is 3.12. The van der Waals surface area contributed by atoms with Gasteiger partial charge in [-0.25, -0.2) is 0 Å². The minimum atomic E-state index is -0.509. The Labute approximate surface area is 172 Å². The molecule has 0 fully saturated rings. The third kappa shape index (κ3) is 4.10. The van der Waals surface area contributed by atoms with E-state index in [4.69, 9.17) is 20.8 Å². The van der Waals surface area contributed by atoms with E-state index in [1.807, 2.05) is 49.4 Å². The molecule has 0 aliphatic carbocycles. The molecule has 146 valence electrons. The second-order valence-corrected chi connectivity index (χ2v) is 7.20. The van der Waals surface area contributed by atoms with Gasteiger partial charge in [0.2, 0.25) is 0 Å². The number of halogens is 1. The van der Waals surface area contributed by atoms with E-state index < -0.39 is 11.9 Å². The van der Waals surface area contributed by atoms with Gasteiger partial charge < -0.3 is 14.5 Å². The Balaban J connectivity index is 1.42. The molecule has 0 atom stereocenters. The summed E-state index contributed by atoms with van der Waals surface area (Å²) in [6.45, 7) is 1.52. The number of fused-ring (bicyclic) bond motifs is 3. The highest BCUT2D eigenvalue weighted by Crippen LogP contribution is 2.30. The topological polar surface area (TPSA) is 68.5 Å². The van der Waals surface area contributed by atoms with Crippen LogP contribution >= 0.6 is 11.6 Å². The van der Waals surface area contributed by atoms with Crippen molar-refractivity contribution in [3.8, 4) is 0 Å². The molecule has 5 nitrogen and oxygen atoms in total. The van der Waals surface area contributed by atoms with Crippen molar-refractivity contribution in [1.82, 2.24) is 0 Å². The fourth-order valence-corrected chi connectivity index (χ4v) is 3.55. The molecule has 0 aliphatic heterocycles. The first kappa shape index (κ1) is 19.0. The molecule has 3 aromatic carbocycles. The van der Waals surface area contributed by atoms with Crippen molar-refractivity contribution in [2.45, 2.75) is 13.3 Å². The van der Waals surface area contributed by atoms with E-state index in [0.717, 1.165) is 27.3 Å². The highest BCUT2D eigenvalue weighted by atomic mass is 35.5. The van der Waals surface area contributed by atoms with Crippen molar-refractivity contribution in [1.29, 1.82) is 0 Å². The second kappa shape index (κ2) is 7.97. The summed E-state index contributed by atoms with van der Waals surface area (Å²) in [5.41, 5.74) is 2.90. The SMILES string of the molecule is Cc1ccc(NC(=O)COC(=O)Cc2coc3ccc4ccccc4c23)c(Cl)c1. The summed E-state index contributed by atoms with van der Waals surface area (Å²) in [4.78, 5) is 24.4. The van der Waals surface area contributed by atoms with Gasteiger partial charge in [0.05, 0.1) is 23.4 Å². The number of benzene rings is 3. The molecule has 0 saturated heterocycles. The Kier molecular flexibility index (Phi) is 5.23. The van der Waals surface area contributed by atoms with Crippen LogP contribution in [-0.2, 0) is 20.7 Å². The smallest absolute Gasteiger partial charge is 0.310 e. The Morgan fingerprint density at radius 3 is 2.76 bits per heavy atom. The number of anilines is 1. The quantitative estimate of drug-likeness (QED) is 0.457. The molecule has 6 heteroatoms. The molecule has 0 aliphatic rings. The normalized spacial score (nSPS) is 11.0. The number of rotatable bonds is 5. The second-order valence-electron chi connectivity index (χ2n) is 6.79. The van der Waals surface area contributed by atoms with E-state index in [9.17, 15) is 9.59 Å². The van der Waals surface area contributed by atoms with E-state index in [2.05, 4.69) is 5.32 Å². The minimum Gasteiger partial charge on any atom is -0.464 e. The van der Waals surface area contributed by atoms with Crippen LogP contribution in [0.1, 0.15) is 11.1 Å². The van der Waals surface area contributed by atoms with Crippen LogP contribution in [0.4, 0.5) is 5.69 Å². The van der Waals surface area contributed by atoms with Crippen LogP contribution in [-0.4, -0.2) is 18.5 Å². The lowest BCUT2D eigenvalue weighted by atomic mass is 10.0. The molecule has 0 unspecified atom stereocenters. The molecule has 1 heterocycles. The van der Waals surface area contributed by atoms with Gasteiger partial charge in [-0.1, -0.05) is 48.0 Å². The molecule has 1 amide bonds. The predicted molar refractivity (Wildman–Crippen MR) is 113 cm³/mol. The molecule has 4 rings (SSSR count). The average molecular weight is 408 g/mol. The zero-order valence-electron chi connectivity index (χ0n) is 15.7. The standard InChI is InChI=1S/C23H18ClNO4/c1-14-6-8-19(18(24)10-14)25-21(26)13-29-22(27)11-16-12-28-20-9-7-15-4-2-3-5-17(15)23(16)20/h2-10,12H,11,13H2,1H3,(H,25,26). The van der Waals surface area contributed by atoms with Gasteiger partial charge in [0.25, 0.3) is 5.91 Å². The van der Waals surface area contributed by atoms with Crippen LogP contribution in [0.15, 0.2) is 65.3 Å². The Hall–Kier alpha value is -3.31. The van der Waals surface area contributed by atoms with Gasteiger partial charge in [0.1, 0.15) is 5.58 Å². The summed E-state index contributed by atoms with van der Waals surface area (Å²) in [6, 6.07) is 17.0. The molecule has 1 N–H and O–H groups in total. The zero-order chi connectivity index (χ0) is 20.4. The van der Waals surface area contributed by atoms with Gasteiger partial charge >= 0.3 is 5.97 Å². The summed E-state index contributed by atoms with van der Waals surface area (Å²) in [5.74, 6) is -0.961. The molecular weight excluding hydrogens is 390 g/mol. The third-order valence-corrected chi connectivity index (χ3v) is 4.95. The number of ether oxygens (including phenoxy) is 1. The van der Waals surface area contributed by atoms with Gasteiger partial charge in [-0.05, 0) is 41.5 Å². The number of carbonyl (C=O) groups excluding carboxylic acids is 2. The molecule has 0 spiro atoms. The maximum absolute atomic E-state index is 12.3. The molecule has 0 radical (unpaired) electrons. The summed E-state index contributed by atoms with van der Waals surface area (Å²) >= 11 is 6.10. The maximum Gasteiger partial charge on any atom is 0.310 e. The first-order valence-electron chi connectivity index (χ1n) is 9.11. The van der Waals surface area contributed by atoms with Crippen LogP contribution in [0.2, 0.25) is 5.02 Å². The van der Waals surface area contributed by atoms with Gasteiger partial charge in [-0.3, -0.25) is 9.59 Å². The number of carbonyl (C=O) groups is 2. The van der Waals surface area contributed by atoms with Crippen molar-refractivity contribution in [3.63, 3.8) is 0 Å². The van der Waals surface area contributed by atoms with Gasteiger partial charge in [0.15, 0.2) is 6.61 Å². The van der Waals surface area contributed by atoms with E-state index in [1.165, 1.54) is 0 Å². The van der Waals surface area contributed by atoms with E-state index in [1.54, 1.807) is 18.4 Å². The lowest BCUT2D eigenvalue weighted by Crippen LogP contribution is -2.21. The molecule has 0 saturated carbocycles. The third-order valence-electron chi connectivity index (χ3n) is 4.64. The summed E-state index contributed by atoms with van der Waals surface area (Å²) in [5, 5.41) is 6.02. The van der Waals surface area contributed by atoms with Crippen molar-refractivity contribution in [2.75, 3.05) is 11.9 Å². The van der Waals surface area contributed by atoms with E-state index in [0.29, 0.717) is 16.3 Å². The fraction of sp³-hybridized carbons (Fsp3) is 0.130. The lowest BCUT2D eigenvalue weighted by molar-refractivity contribution is -0.146. The van der Waals surface area contributed by atoms with Crippen molar-refractivity contribution >= 4 is 50.9 Å². The molecule has 4 aromatic rings. The van der Waals surface area contributed by atoms with Crippen molar-refractivity contribution < 1.29 is 18.7 Å². The van der Waals surface area contributed by atoms with Crippen LogP contribution < -0.4 is 5.32 Å². The number of amides is 1. The van der Waals surface area contributed by atoms with Gasteiger partial charge in [-0.15, -0.1) is 0 Å². The molecule has 0 bridgehead atoms. The molecular formula is C23H18ClNO4. The maximum atomic E-state index is 12.3. The lowest BCUT2D eigenvalue weighted by Gasteiger charge is -2.08. The van der Waals surface area contributed by atoms with Crippen LogP contribution in [0.5, 0.6) is 0 Å². The van der Waals surface area contributed by atoms with Gasteiger partial charge in [0, 0.05) is 10.9 Å². The summed E-state index contributed by atoms with van der Waals surface area (Å²) in [6.07, 6.45) is 1.57. The molecule has 29 heavy (non-hydrogen) atoms. The fourth-order valence-electron chi connectivity index (χ4n) is 3.26. The zero-order valence-corrected chi connectivity index (χ0v) is 16.5. The first-order valence-corrected chi connectivity index (χ1v) is 9.48. The predicted octanol–water partition coefficient (Wildman–Crippen LogP) is 5.27. The number of furan rings is 1. The summed E-state index contributed by atoms with van der Waals surface area (Å²) in [7, 11) is 0. The minimum absolute atomic E-state index is 0.0135. The summed E-state index contributed by atoms with van der Waals surface area (Å²) < 4.78 is 10.7. The number of esters is 1. The Bertz CT molecular complexity index is 1230. The Morgan fingerprint density at radius 2 is 1.93 bits per heavy atom. The van der Waals surface area contributed by atoms with Crippen LogP contribution in [0, 0.1) is 6.92 Å². The first-order chi connectivity index (χ1) is 14.0. The van der Waals surface area contributed by atoms with Crippen molar-refractivity contribution in [3.05, 3.63) is 77.0 Å². The van der Waals surface area contributed by atoms with E-state index >= 15 is 0 Å². The highest BCUT2D eigenvalue weighted by Gasteiger charge is 2.15. The monoisotopic (exact) mass is 407 g/mol. The van der Waals surface area contributed by atoms with Crippen LogP contribution in [0.25, 0.3) is 21.7 Å². The largest absolute Gasteiger partial charge is 0.464 e. The van der Waals surface area contributed by atoms with E-state index in [-0.39, 0.29) is 13.0 Å². The Morgan fingerprint density at radius 1 is 1.10 bits per heavy atom. The number of hydrogen-bond acceptors (Lipinski definition) is 4. The van der Waals surface area contributed by atoms with Gasteiger partial charge in [-0.2, -0.15) is 0 Å². The number of aryl methyl sites for hydroxylation is 1. The van der Waals surface area contributed by atoms with Crippen molar-refractivity contribution in [2.24, 2.45) is 0 Å². The highest BCUT2D eigenvalue weighted by molar-refractivity contribution is 6.33. The number of hydrogen-bond donors (Lipinski definition) is 1. The van der Waals surface area contributed by atoms with Crippen LogP contribution in [0.3, 0.4) is 0 Å².